The smallest absolute Gasteiger partial charge is 0.271 e. The fourth-order valence-electron chi connectivity index (χ4n) is 2.14. The molecular formula is C18H15N3O4. The number of rotatable bonds is 5. The first kappa shape index (κ1) is 17.7. The van der Waals surface area contributed by atoms with Crippen LogP contribution in [0.25, 0.3) is 6.08 Å². The van der Waals surface area contributed by atoms with Crippen molar-refractivity contribution in [2.45, 2.75) is 6.92 Å². The first-order valence-corrected chi connectivity index (χ1v) is 7.27. The highest BCUT2D eigenvalue weighted by Crippen LogP contribution is 2.24. The third-order valence-electron chi connectivity index (χ3n) is 3.48. The molecule has 126 valence electrons. The molecular weight excluding hydrogens is 322 g/mol. The van der Waals surface area contributed by atoms with Gasteiger partial charge in [-0.25, -0.2) is 0 Å². The molecule has 0 bridgehead atoms. The molecule has 7 nitrogen and oxygen atoms in total. The van der Waals surface area contributed by atoms with Crippen molar-refractivity contribution in [1.82, 2.24) is 0 Å². The highest BCUT2D eigenvalue weighted by Gasteiger charge is 2.14. The second kappa shape index (κ2) is 7.75. The predicted octanol–water partition coefficient (Wildman–Crippen LogP) is 3.46. The summed E-state index contributed by atoms with van der Waals surface area (Å²) in [5, 5.41) is 22.7. The van der Waals surface area contributed by atoms with Crippen molar-refractivity contribution in [3.05, 3.63) is 69.3 Å². The molecule has 25 heavy (non-hydrogen) atoms. The zero-order valence-electron chi connectivity index (χ0n) is 13.6. The summed E-state index contributed by atoms with van der Waals surface area (Å²) in [5.41, 5.74) is 1.21. The molecule has 2 aromatic rings. The standard InChI is InChI=1S/C18H15N3O4/c1-12-7-8-15(21(23)24)10-16(12)20-18(22)14(11-19)9-13-5-3-4-6-17(13)25-2/h3-10H,1-2H3,(H,20,22)/b14-9+. The summed E-state index contributed by atoms with van der Waals surface area (Å²) < 4.78 is 5.19. The molecule has 0 aromatic heterocycles. The van der Waals surface area contributed by atoms with Gasteiger partial charge in [-0.05, 0) is 24.6 Å². The average molecular weight is 337 g/mol. The van der Waals surface area contributed by atoms with Gasteiger partial charge < -0.3 is 10.1 Å². The van der Waals surface area contributed by atoms with Crippen molar-refractivity contribution < 1.29 is 14.5 Å². The first-order chi connectivity index (χ1) is 12.0. The van der Waals surface area contributed by atoms with E-state index in [0.29, 0.717) is 16.9 Å². The van der Waals surface area contributed by atoms with Crippen LogP contribution in [0.3, 0.4) is 0 Å². The number of para-hydroxylation sites is 1. The maximum Gasteiger partial charge on any atom is 0.271 e. The number of hydrogen-bond donors (Lipinski definition) is 1. The molecule has 0 unspecified atom stereocenters. The third kappa shape index (κ3) is 4.20. The monoisotopic (exact) mass is 337 g/mol. The molecule has 1 amide bonds. The fraction of sp³-hybridized carbons (Fsp3) is 0.111. The number of carbonyl (C=O) groups is 1. The van der Waals surface area contributed by atoms with E-state index >= 15 is 0 Å². The Kier molecular flexibility index (Phi) is 5.48. The molecule has 7 heteroatoms. The van der Waals surface area contributed by atoms with Crippen molar-refractivity contribution in [3.8, 4) is 11.8 Å². The van der Waals surface area contributed by atoms with Gasteiger partial charge >= 0.3 is 0 Å². The first-order valence-electron chi connectivity index (χ1n) is 7.27. The van der Waals surface area contributed by atoms with Crippen LogP contribution in [0.4, 0.5) is 11.4 Å². The van der Waals surface area contributed by atoms with Gasteiger partial charge in [0.15, 0.2) is 0 Å². The number of nitrogens with zero attached hydrogens (tertiary/aromatic N) is 2. The van der Waals surface area contributed by atoms with Crippen molar-refractivity contribution in [2.24, 2.45) is 0 Å². The molecule has 0 atom stereocenters. The lowest BCUT2D eigenvalue weighted by atomic mass is 10.1. The Morgan fingerprint density at radius 1 is 1.32 bits per heavy atom. The van der Waals surface area contributed by atoms with Crippen LogP contribution in [-0.4, -0.2) is 17.9 Å². The molecule has 0 aliphatic heterocycles. The van der Waals surface area contributed by atoms with E-state index in [2.05, 4.69) is 5.32 Å². The SMILES string of the molecule is COc1ccccc1/C=C(\C#N)C(=O)Nc1cc([N+](=O)[O-])ccc1C. The number of carbonyl (C=O) groups excluding carboxylic acids is 1. The van der Waals surface area contributed by atoms with Crippen LogP contribution < -0.4 is 10.1 Å². The van der Waals surface area contributed by atoms with Crippen LogP contribution in [-0.2, 0) is 4.79 Å². The summed E-state index contributed by atoms with van der Waals surface area (Å²) in [6.07, 6.45) is 1.40. The van der Waals surface area contributed by atoms with Crippen molar-refractivity contribution in [3.63, 3.8) is 0 Å². The average Bonchev–Trinajstić information content (AvgIpc) is 2.61. The van der Waals surface area contributed by atoms with E-state index in [-0.39, 0.29) is 16.9 Å². The van der Waals surface area contributed by atoms with Gasteiger partial charge in [0.05, 0.1) is 17.7 Å². The lowest BCUT2D eigenvalue weighted by Crippen LogP contribution is -2.14. The second-order valence-electron chi connectivity index (χ2n) is 5.12. The Balaban J connectivity index is 2.33. The molecule has 0 radical (unpaired) electrons. The predicted molar refractivity (Wildman–Crippen MR) is 93.0 cm³/mol. The van der Waals surface area contributed by atoms with E-state index in [0.717, 1.165) is 0 Å². The van der Waals surface area contributed by atoms with Crippen LogP contribution in [0.2, 0.25) is 0 Å². The Morgan fingerprint density at radius 3 is 2.68 bits per heavy atom. The number of nitriles is 1. The molecule has 0 fully saturated rings. The maximum atomic E-state index is 12.4. The maximum absolute atomic E-state index is 12.4. The quantitative estimate of drug-likeness (QED) is 0.389. The van der Waals surface area contributed by atoms with Crippen LogP contribution >= 0.6 is 0 Å². The van der Waals surface area contributed by atoms with Gasteiger partial charge in [-0.2, -0.15) is 5.26 Å². The molecule has 2 aromatic carbocycles. The number of amides is 1. The third-order valence-corrected chi connectivity index (χ3v) is 3.48. The van der Waals surface area contributed by atoms with Gasteiger partial charge in [0, 0.05) is 17.7 Å². The minimum Gasteiger partial charge on any atom is -0.496 e. The van der Waals surface area contributed by atoms with E-state index in [1.165, 1.54) is 31.4 Å². The largest absolute Gasteiger partial charge is 0.496 e. The number of benzene rings is 2. The molecule has 1 N–H and O–H groups in total. The molecule has 0 spiro atoms. The Hall–Kier alpha value is -3.66. The summed E-state index contributed by atoms with van der Waals surface area (Å²) in [7, 11) is 1.49. The molecule has 2 rings (SSSR count). The van der Waals surface area contributed by atoms with Gasteiger partial charge in [-0.15, -0.1) is 0 Å². The van der Waals surface area contributed by atoms with Gasteiger partial charge in [-0.3, -0.25) is 14.9 Å². The van der Waals surface area contributed by atoms with Crippen LogP contribution in [0.15, 0.2) is 48.0 Å². The van der Waals surface area contributed by atoms with Gasteiger partial charge in [0.25, 0.3) is 11.6 Å². The lowest BCUT2D eigenvalue weighted by Gasteiger charge is -2.08. The van der Waals surface area contributed by atoms with Crippen LogP contribution in [0.5, 0.6) is 5.75 Å². The number of non-ortho nitro benzene ring substituents is 1. The summed E-state index contributed by atoms with van der Waals surface area (Å²) in [6, 6.07) is 12.9. The Labute approximate surface area is 144 Å². The van der Waals surface area contributed by atoms with Gasteiger partial charge in [0.2, 0.25) is 0 Å². The number of ether oxygens (including phenoxy) is 1. The van der Waals surface area contributed by atoms with E-state index in [9.17, 15) is 20.2 Å². The minimum atomic E-state index is -0.656. The number of nitrogens with one attached hydrogen (secondary N) is 1. The van der Waals surface area contributed by atoms with Crippen LogP contribution in [0, 0.1) is 28.4 Å². The second-order valence-corrected chi connectivity index (χ2v) is 5.12. The highest BCUT2D eigenvalue weighted by atomic mass is 16.6. The summed E-state index contributed by atoms with van der Waals surface area (Å²) in [4.78, 5) is 22.7. The number of aryl methyl sites for hydroxylation is 1. The molecule has 0 saturated heterocycles. The van der Waals surface area contributed by atoms with Gasteiger partial charge in [0.1, 0.15) is 17.4 Å². The van der Waals surface area contributed by atoms with Gasteiger partial charge in [-0.1, -0.05) is 24.3 Å². The Morgan fingerprint density at radius 2 is 2.04 bits per heavy atom. The number of anilines is 1. The van der Waals surface area contributed by atoms with Crippen molar-refractivity contribution in [1.29, 1.82) is 5.26 Å². The zero-order chi connectivity index (χ0) is 18.4. The summed E-state index contributed by atoms with van der Waals surface area (Å²) >= 11 is 0. The zero-order valence-corrected chi connectivity index (χ0v) is 13.6. The summed E-state index contributed by atoms with van der Waals surface area (Å²) in [5.74, 6) is -0.133. The fourth-order valence-corrected chi connectivity index (χ4v) is 2.14. The highest BCUT2D eigenvalue weighted by molar-refractivity contribution is 6.10. The Bertz CT molecular complexity index is 897. The topological polar surface area (TPSA) is 105 Å². The number of nitro groups is 1. The molecule has 0 saturated carbocycles. The van der Waals surface area contributed by atoms with Crippen LogP contribution in [0.1, 0.15) is 11.1 Å². The van der Waals surface area contributed by atoms with E-state index in [1.54, 1.807) is 31.2 Å². The molecule has 0 heterocycles. The molecule has 0 aliphatic carbocycles. The van der Waals surface area contributed by atoms with E-state index in [4.69, 9.17) is 4.74 Å². The van der Waals surface area contributed by atoms with E-state index < -0.39 is 10.8 Å². The molecule has 0 aliphatic rings. The number of methoxy groups -OCH3 is 1. The van der Waals surface area contributed by atoms with Crippen molar-refractivity contribution >= 4 is 23.4 Å². The van der Waals surface area contributed by atoms with Crippen molar-refractivity contribution in [2.75, 3.05) is 12.4 Å². The minimum absolute atomic E-state index is 0.143. The number of hydrogen-bond acceptors (Lipinski definition) is 5. The lowest BCUT2D eigenvalue weighted by molar-refractivity contribution is -0.384. The number of nitro benzene ring substituents is 1. The summed E-state index contributed by atoms with van der Waals surface area (Å²) in [6.45, 7) is 1.70. The normalized spacial score (nSPS) is 10.7. The van der Waals surface area contributed by atoms with E-state index in [1.807, 2.05) is 6.07 Å².